The summed E-state index contributed by atoms with van der Waals surface area (Å²) in [5, 5.41) is 10.6. The minimum atomic E-state index is 0.102. The summed E-state index contributed by atoms with van der Waals surface area (Å²) in [7, 11) is 0. The van der Waals surface area contributed by atoms with Crippen LogP contribution in [0.3, 0.4) is 0 Å². The Hall–Kier alpha value is -1.46. The lowest BCUT2D eigenvalue weighted by molar-refractivity contribution is -0.130. The highest BCUT2D eigenvalue weighted by Crippen LogP contribution is 2.07. The summed E-state index contributed by atoms with van der Waals surface area (Å²) in [5.74, 6) is 0.102. The van der Waals surface area contributed by atoms with E-state index in [0.717, 1.165) is 25.9 Å². The first-order valence-electron chi connectivity index (χ1n) is 4.35. The van der Waals surface area contributed by atoms with Crippen LogP contribution in [-0.4, -0.2) is 44.1 Å². The van der Waals surface area contributed by atoms with Gasteiger partial charge in [0.2, 0.25) is 5.91 Å². The van der Waals surface area contributed by atoms with Crippen molar-refractivity contribution >= 4 is 5.91 Å². The Bertz CT molecular complexity index is 277. The van der Waals surface area contributed by atoms with Crippen LogP contribution < -0.4 is 0 Å². The van der Waals surface area contributed by atoms with Gasteiger partial charge in [0.05, 0.1) is 0 Å². The Kier molecular flexibility index (Phi) is 2.20. The fourth-order valence-electron chi connectivity index (χ4n) is 1.46. The van der Waals surface area contributed by atoms with Crippen molar-refractivity contribution in [3.05, 3.63) is 6.33 Å². The Morgan fingerprint density at radius 3 is 2.77 bits per heavy atom. The van der Waals surface area contributed by atoms with E-state index in [2.05, 4.69) is 15.5 Å². The lowest BCUT2D eigenvalue weighted by Gasteiger charge is -2.13. The van der Waals surface area contributed by atoms with Gasteiger partial charge >= 0.3 is 0 Å². The molecule has 0 saturated carbocycles. The minimum Gasteiger partial charge on any atom is -0.341 e. The molecule has 0 atom stereocenters. The summed E-state index contributed by atoms with van der Waals surface area (Å²) in [6, 6.07) is 0. The van der Waals surface area contributed by atoms with Crippen LogP contribution in [0.1, 0.15) is 12.8 Å². The molecule has 1 aliphatic heterocycles. The van der Waals surface area contributed by atoms with Crippen LogP contribution in [0.2, 0.25) is 0 Å². The molecule has 6 nitrogen and oxygen atoms in total. The fourth-order valence-corrected chi connectivity index (χ4v) is 1.46. The average molecular weight is 181 g/mol. The third-order valence-corrected chi connectivity index (χ3v) is 2.15. The predicted octanol–water partition coefficient (Wildman–Crippen LogP) is -0.705. The summed E-state index contributed by atoms with van der Waals surface area (Å²) in [4.78, 5) is 13.4. The molecule has 1 saturated heterocycles. The molecular weight excluding hydrogens is 170 g/mol. The minimum absolute atomic E-state index is 0.102. The van der Waals surface area contributed by atoms with E-state index in [1.54, 1.807) is 0 Å². The highest BCUT2D eigenvalue weighted by atomic mass is 16.2. The van der Waals surface area contributed by atoms with Gasteiger partial charge in [0.1, 0.15) is 12.9 Å². The smallest absolute Gasteiger partial charge is 0.244 e. The number of nitrogens with zero attached hydrogens (tertiary/aromatic N) is 5. The third kappa shape index (κ3) is 1.82. The molecule has 0 N–H and O–H groups in total. The number of likely N-dealkylation sites (tertiary alicyclic amines) is 1. The third-order valence-electron chi connectivity index (χ3n) is 2.15. The molecule has 6 heteroatoms. The van der Waals surface area contributed by atoms with Gasteiger partial charge in [-0.05, 0) is 23.3 Å². The molecule has 0 radical (unpaired) electrons. The van der Waals surface area contributed by atoms with Gasteiger partial charge in [-0.25, -0.2) is 4.68 Å². The molecule has 1 fully saturated rings. The van der Waals surface area contributed by atoms with Crippen LogP contribution in [0.5, 0.6) is 0 Å². The number of carbonyl (C=O) groups excluding carboxylic acids is 1. The lowest BCUT2D eigenvalue weighted by Crippen LogP contribution is -2.31. The summed E-state index contributed by atoms with van der Waals surface area (Å²) in [6.07, 6.45) is 3.68. The summed E-state index contributed by atoms with van der Waals surface area (Å²) >= 11 is 0. The molecule has 13 heavy (non-hydrogen) atoms. The van der Waals surface area contributed by atoms with E-state index in [9.17, 15) is 4.79 Å². The summed E-state index contributed by atoms with van der Waals surface area (Å²) in [6.45, 7) is 2.01. The second kappa shape index (κ2) is 3.51. The Labute approximate surface area is 75.5 Å². The molecule has 2 rings (SSSR count). The van der Waals surface area contributed by atoms with Crippen molar-refractivity contribution in [3.63, 3.8) is 0 Å². The highest BCUT2D eigenvalue weighted by Gasteiger charge is 2.17. The molecule has 0 bridgehead atoms. The Balaban J connectivity index is 1.91. The van der Waals surface area contributed by atoms with Crippen LogP contribution in [0.4, 0.5) is 0 Å². The van der Waals surface area contributed by atoms with Gasteiger partial charge < -0.3 is 4.90 Å². The largest absolute Gasteiger partial charge is 0.341 e. The first kappa shape index (κ1) is 8.15. The van der Waals surface area contributed by atoms with Gasteiger partial charge in [-0.2, -0.15) is 0 Å². The maximum absolute atomic E-state index is 11.5. The van der Waals surface area contributed by atoms with E-state index in [-0.39, 0.29) is 12.5 Å². The zero-order chi connectivity index (χ0) is 9.10. The van der Waals surface area contributed by atoms with Crippen molar-refractivity contribution in [2.75, 3.05) is 13.1 Å². The monoisotopic (exact) mass is 181 g/mol. The molecule has 1 aromatic heterocycles. The topological polar surface area (TPSA) is 63.9 Å². The van der Waals surface area contributed by atoms with Crippen LogP contribution in [0.15, 0.2) is 6.33 Å². The Morgan fingerprint density at radius 1 is 1.38 bits per heavy atom. The van der Waals surface area contributed by atoms with E-state index in [4.69, 9.17) is 0 Å². The highest BCUT2D eigenvalue weighted by molar-refractivity contribution is 5.76. The number of hydrogen-bond acceptors (Lipinski definition) is 4. The molecule has 0 aliphatic carbocycles. The average Bonchev–Trinajstić information content (AvgIpc) is 2.74. The van der Waals surface area contributed by atoms with Crippen LogP contribution >= 0.6 is 0 Å². The molecule has 1 aromatic rings. The van der Waals surface area contributed by atoms with Gasteiger partial charge in [0.15, 0.2) is 0 Å². The number of tetrazole rings is 1. The van der Waals surface area contributed by atoms with E-state index < -0.39 is 0 Å². The summed E-state index contributed by atoms with van der Waals surface area (Å²) in [5.41, 5.74) is 0. The number of amides is 1. The summed E-state index contributed by atoms with van der Waals surface area (Å²) < 4.78 is 1.45. The maximum atomic E-state index is 11.5. The van der Waals surface area contributed by atoms with E-state index in [1.807, 2.05) is 4.90 Å². The zero-order valence-electron chi connectivity index (χ0n) is 7.26. The standard InChI is InChI=1S/C7H11N5O/c13-7(11-3-1-2-4-11)5-12-6-8-9-10-12/h6H,1-5H2. The van der Waals surface area contributed by atoms with Crippen molar-refractivity contribution in [1.29, 1.82) is 0 Å². The quantitative estimate of drug-likeness (QED) is 0.605. The van der Waals surface area contributed by atoms with E-state index >= 15 is 0 Å². The van der Waals surface area contributed by atoms with Crippen molar-refractivity contribution < 1.29 is 4.79 Å². The first-order chi connectivity index (χ1) is 6.36. The zero-order valence-corrected chi connectivity index (χ0v) is 7.26. The SMILES string of the molecule is O=C(Cn1cnnn1)N1CCCC1. The van der Waals surface area contributed by atoms with Crippen LogP contribution in [0.25, 0.3) is 0 Å². The second-order valence-corrected chi connectivity index (χ2v) is 3.10. The van der Waals surface area contributed by atoms with Gasteiger partial charge in [-0.3, -0.25) is 4.79 Å². The number of hydrogen-bond donors (Lipinski definition) is 0. The number of aromatic nitrogens is 4. The fraction of sp³-hybridized carbons (Fsp3) is 0.714. The van der Waals surface area contributed by atoms with Gasteiger partial charge in [0, 0.05) is 13.1 Å². The molecule has 70 valence electrons. The van der Waals surface area contributed by atoms with Crippen molar-refractivity contribution in [1.82, 2.24) is 25.1 Å². The molecule has 1 aliphatic rings. The molecule has 0 unspecified atom stereocenters. The van der Waals surface area contributed by atoms with Crippen LogP contribution in [-0.2, 0) is 11.3 Å². The van der Waals surface area contributed by atoms with Crippen molar-refractivity contribution in [3.8, 4) is 0 Å². The second-order valence-electron chi connectivity index (χ2n) is 3.10. The molecule has 1 amide bonds. The van der Waals surface area contributed by atoms with E-state index in [1.165, 1.54) is 11.0 Å². The predicted molar refractivity (Wildman–Crippen MR) is 43.6 cm³/mol. The lowest BCUT2D eigenvalue weighted by atomic mass is 10.4. The molecule has 0 spiro atoms. The molecular formula is C7H11N5O. The number of rotatable bonds is 2. The molecule has 2 heterocycles. The van der Waals surface area contributed by atoms with Crippen LogP contribution in [0, 0.1) is 0 Å². The van der Waals surface area contributed by atoms with Gasteiger partial charge in [-0.1, -0.05) is 0 Å². The maximum Gasteiger partial charge on any atom is 0.244 e. The van der Waals surface area contributed by atoms with Gasteiger partial charge in [-0.15, -0.1) is 5.10 Å². The molecule has 0 aromatic carbocycles. The Morgan fingerprint density at radius 2 is 2.15 bits per heavy atom. The van der Waals surface area contributed by atoms with Crippen molar-refractivity contribution in [2.45, 2.75) is 19.4 Å². The number of carbonyl (C=O) groups is 1. The normalized spacial score (nSPS) is 16.5. The van der Waals surface area contributed by atoms with E-state index in [0.29, 0.717) is 0 Å². The first-order valence-corrected chi connectivity index (χ1v) is 4.35. The van der Waals surface area contributed by atoms with Gasteiger partial charge in [0.25, 0.3) is 0 Å². The van der Waals surface area contributed by atoms with Crippen molar-refractivity contribution in [2.24, 2.45) is 0 Å².